The van der Waals surface area contributed by atoms with E-state index in [0.29, 0.717) is 42.5 Å². The van der Waals surface area contributed by atoms with Crippen molar-refractivity contribution in [2.45, 2.75) is 194 Å². The Labute approximate surface area is 566 Å². The van der Waals surface area contributed by atoms with Crippen molar-refractivity contribution in [2.24, 2.45) is 35.3 Å². The summed E-state index contributed by atoms with van der Waals surface area (Å²) in [5, 5.41) is 30.7. The number of likely N-dealkylation sites (N-methyl/N-ethyl adjacent to an activating group) is 2. The molecule has 12 amide bonds. The Morgan fingerprint density at radius 1 is 0.719 bits per heavy atom. The first-order valence-corrected chi connectivity index (χ1v) is 33.4. The summed E-state index contributed by atoms with van der Waals surface area (Å²) < 4.78 is 17.7. The number of aryl methyl sites for hydroxylation is 1. The van der Waals surface area contributed by atoms with E-state index in [2.05, 4.69) is 37.2 Å². The highest BCUT2D eigenvalue weighted by Gasteiger charge is 2.46. The van der Waals surface area contributed by atoms with Gasteiger partial charge < -0.3 is 72.1 Å². The van der Waals surface area contributed by atoms with Crippen LogP contribution in [0.15, 0.2) is 60.7 Å². The number of rotatable bonds is 39. The maximum atomic E-state index is 14.6. The average molecular weight is 1350 g/mol. The lowest BCUT2D eigenvalue weighted by Gasteiger charge is -2.41. The summed E-state index contributed by atoms with van der Waals surface area (Å²) in [6, 6.07) is 7.48. The molecule has 1 fully saturated rings. The summed E-state index contributed by atoms with van der Waals surface area (Å²) in [5.74, 6) is -5.42. The third-order valence-electron chi connectivity index (χ3n) is 17.9. The molecular weight excluding hydrogens is 1240 g/mol. The van der Waals surface area contributed by atoms with Crippen LogP contribution in [0, 0.1) is 36.5 Å². The number of β-amino-alcohol motifs (C(OH)–C–C–N with tert-alkyl or cyclic N) is 1. The number of carbonyl (C=O) groups excluding carboxylic acids is 11. The molecule has 0 radical (unpaired) electrons. The molecule has 0 spiro atoms. The molecule has 0 saturated carbocycles. The molecule has 0 aromatic heterocycles. The van der Waals surface area contributed by atoms with Gasteiger partial charge in [-0.15, -0.1) is 0 Å². The molecule has 12 atom stereocenters. The number of urea groups is 1. The SMILES string of the molecule is CC[C@H](C)C([C@@H](CC(=O)N1C[C@@H](O)C[C@H]1[C@H](OC)[C@@H](C)C(=O)NCC(NC(=O)OCc1ccc(NC(=O)C(CCCNC(N)=O)NC(=O)[C@@H](NC(=O)CCCCCN2C(=O)C=CC2=O)C(C)C)cc1)c1ccc(C)cc1)OC)N(C)C(=O)[C@@H](NC(=O)[C@H](C(C)C)N(C)C)C(C)C. The van der Waals surface area contributed by atoms with Crippen molar-refractivity contribution in [1.82, 2.24) is 51.5 Å². The third kappa shape index (κ3) is 24.3. The van der Waals surface area contributed by atoms with Gasteiger partial charge in [0.15, 0.2) is 0 Å². The van der Waals surface area contributed by atoms with Crippen LogP contribution in [-0.4, -0.2) is 206 Å². The van der Waals surface area contributed by atoms with E-state index in [-0.39, 0.29) is 124 Å². The first-order chi connectivity index (χ1) is 45.3. The van der Waals surface area contributed by atoms with Crippen LogP contribution in [0.25, 0.3) is 0 Å². The fourth-order valence-corrected chi connectivity index (χ4v) is 12.3. The Morgan fingerprint density at radius 2 is 1.35 bits per heavy atom. The first kappa shape index (κ1) is 80.4. The molecule has 2 aromatic carbocycles. The van der Waals surface area contributed by atoms with E-state index in [1.54, 1.807) is 57.0 Å². The van der Waals surface area contributed by atoms with Crippen molar-refractivity contribution in [1.29, 1.82) is 0 Å². The van der Waals surface area contributed by atoms with Crippen molar-refractivity contribution in [3.05, 3.63) is 77.4 Å². The number of likely N-dealkylation sites (tertiary alicyclic amines) is 1. The molecule has 534 valence electrons. The number of benzene rings is 2. The number of nitrogens with one attached hydrogen (secondary N) is 7. The Hall–Kier alpha value is -8.01. The smallest absolute Gasteiger partial charge is 0.408 e. The molecular formula is C69H108N12O15. The molecule has 0 aliphatic carbocycles. The number of imide groups is 1. The van der Waals surface area contributed by atoms with Crippen molar-refractivity contribution in [2.75, 3.05) is 66.9 Å². The van der Waals surface area contributed by atoms with Gasteiger partial charge in [0.05, 0.1) is 54.8 Å². The summed E-state index contributed by atoms with van der Waals surface area (Å²) >= 11 is 0. The number of carbonyl (C=O) groups is 11. The minimum absolute atomic E-state index is 0.0217. The van der Waals surface area contributed by atoms with E-state index in [4.69, 9.17) is 19.9 Å². The maximum Gasteiger partial charge on any atom is 0.408 e. The number of methoxy groups -OCH3 is 2. The number of amides is 12. The van der Waals surface area contributed by atoms with Crippen LogP contribution in [-0.2, 0) is 64.0 Å². The van der Waals surface area contributed by atoms with Gasteiger partial charge in [-0.25, -0.2) is 9.59 Å². The third-order valence-corrected chi connectivity index (χ3v) is 17.9. The summed E-state index contributed by atoms with van der Waals surface area (Å²) in [6.07, 6.45) is 1.53. The molecule has 96 heavy (non-hydrogen) atoms. The number of nitrogens with two attached hydrogens (primary N) is 1. The number of hydrogen-bond acceptors (Lipinski definition) is 16. The number of hydrogen-bond donors (Lipinski definition) is 9. The summed E-state index contributed by atoms with van der Waals surface area (Å²) in [6.45, 7) is 18.7. The Bertz CT molecular complexity index is 2940. The Morgan fingerprint density at radius 3 is 1.92 bits per heavy atom. The lowest BCUT2D eigenvalue weighted by atomic mass is 9.89. The molecule has 4 rings (SSSR count). The second-order valence-corrected chi connectivity index (χ2v) is 26.5. The molecule has 0 bridgehead atoms. The number of nitrogens with zero attached hydrogens (tertiary/aromatic N) is 4. The highest BCUT2D eigenvalue weighted by atomic mass is 16.5. The largest absolute Gasteiger partial charge is 0.445 e. The van der Waals surface area contributed by atoms with Gasteiger partial charge in [0.25, 0.3) is 11.8 Å². The zero-order valence-electron chi connectivity index (χ0n) is 58.9. The standard InChI is InChI=1S/C69H108N12O15/c1-16-44(9)61(79(13)67(91)59(41(4)5)77-66(90)60(42(6)7)78(11)12)53(94-14)36-57(86)81-38-49(82)35-52(81)62(95-15)45(10)63(87)72-37-51(47-27-23-43(8)24-28-47)75-69(93)96-39-46-25-29-48(30-26-46)73-64(88)50(21-20-33-71-68(70)92)74-65(89)58(40(2)3)76-54(83)22-18-17-19-34-80-55(84)31-32-56(80)85/h23-32,40-42,44-45,49-53,58-62,82H,16-22,33-39H2,1-15H3,(H,72,87)(H,73,88)(H,74,89)(H,75,93)(H,76,83)(H,77,90)(H3,70,71,92)/t44-,45+,49-,50?,51?,52-,53+,58-,59-,60-,61?,62+/m0/s1. The summed E-state index contributed by atoms with van der Waals surface area (Å²) in [4.78, 5) is 152. The van der Waals surface area contributed by atoms with E-state index in [1.165, 1.54) is 31.3 Å². The molecule has 2 heterocycles. The highest BCUT2D eigenvalue weighted by molar-refractivity contribution is 6.12. The number of unbranched alkanes of at least 4 members (excludes halogenated alkanes) is 2. The fourth-order valence-electron chi connectivity index (χ4n) is 12.3. The highest BCUT2D eigenvalue weighted by Crippen LogP contribution is 2.31. The van der Waals surface area contributed by atoms with E-state index in [9.17, 15) is 57.8 Å². The number of aliphatic hydroxyl groups excluding tert-OH is 1. The molecule has 3 unspecified atom stereocenters. The second kappa shape index (κ2) is 39.3. The van der Waals surface area contributed by atoms with Crippen molar-refractivity contribution in [3.8, 4) is 0 Å². The van der Waals surface area contributed by atoms with Crippen LogP contribution in [0.3, 0.4) is 0 Å². The number of aliphatic hydroxyl groups is 1. The van der Waals surface area contributed by atoms with Crippen LogP contribution >= 0.6 is 0 Å². The monoisotopic (exact) mass is 1340 g/mol. The normalized spacial score (nSPS) is 17.8. The predicted octanol–water partition coefficient (Wildman–Crippen LogP) is 4.19. The van der Waals surface area contributed by atoms with Gasteiger partial charge in [0.2, 0.25) is 41.4 Å². The molecule has 10 N–H and O–H groups in total. The molecule has 27 heteroatoms. The van der Waals surface area contributed by atoms with Crippen molar-refractivity contribution in [3.63, 3.8) is 0 Å². The quantitative estimate of drug-likeness (QED) is 0.0335. The zero-order valence-corrected chi connectivity index (χ0v) is 58.9. The number of ether oxygens (including phenoxy) is 3. The fraction of sp³-hybridized carbons (Fsp3) is 0.638. The molecule has 27 nitrogen and oxygen atoms in total. The number of primary amides is 1. The van der Waals surface area contributed by atoms with Gasteiger partial charge in [0, 0.05) is 71.7 Å². The van der Waals surface area contributed by atoms with Crippen molar-refractivity contribution >= 4 is 71.0 Å². The molecule has 2 aromatic rings. The molecule has 2 aliphatic heterocycles. The molecule has 2 aliphatic rings. The van der Waals surface area contributed by atoms with Gasteiger partial charge in [-0.05, 0) is 100 Å². The second-order valence-electron chi connectivity index (χ2n) is 26.5. The van der Waals surface area contributed by atoms with Gasteiger partial charge in [-0.2, -0.15) is 0 Å². The lowest BCUT2D eigenvalue weighted by molar-refractivity contribution is -0.148. The van der Waals surface area contributed by atoms with E-state index in [1.807, 2.05) is 91.7 Å². The molecule has 1 saturated heterocycles. The van der Waals surface area contributed by atoms with Crippen LogP contribution in [0.2, 0.25) is 0 Å². The number of alkyl carbamates (subject to hydrolysis) is 1. The summed E-state index contributed by atoms with van der Waals surface area (Å²) in [7, 11) is 8.23. The van der Waals surface area contributed by atoms with Gasteiger partial charge in [-0.3, -0.25) is 53.0 Å². The average Bonchev–Trinajstić information content (AvgIpc) is 1.47. The Balaban J connectivity index is 1.39. The minimum atomic E-state index is -1.11. The minimum Gasteiger partial charge on any atom is -0.445 e. The van der Waals surface area contributed by atoms with E-state index >= 15 is 0 Å². The maximum absolute atomic E-state index is 14.6. The van der Waals surface area contributed by atoms with Gasteiger partial charge >= 0.3 is 12.1 Å². The topological polar surface area (TPSA) is 359 Å². The van der Waals surface area contributed by atoms with E-state index in [0.717, 1.165) is 10.5 Å². The van der Waals surface area contributed by atoms with Crippen LogP contribution < -0.4 is 43.0 Å². The van der Waals surface area contributed by atoms with Crippen molar-refractivity contribution < 1.29 is 72.1 Å². The van der Waals surface area contributed by atoms with Gasteiger partial charge in [-0.1, -0.05) is 117 Å². The predicted molar refractivity (Wildman–Crippen MR) is 362 cm³/mol. The lowest BCUT2D eigenvalue weighted by Crippen LogP contribution is -2.59. The zero-order chi connectivity index (χ0) is 71.7. The van der Waals surface area contributed by atoms with Crippen LogP contribution in [0.4, 0.5) is 15.3 Å². The first-order valence-electron chi connectivity index (χ1n) is 33.4. The Kier molecular flexibility index (Phi) is 32.9. The number of anilines is 1. The summed E-state index contributed by atoms with van der Waals surface area (Å²) in [5.41, 5.74) is 7.76. The van der Waals surface area contributed by atoms with Gasteiger partial charge in [0.1, 0.15) is 24.7 Å². The van der Waals surface area contributed by atoms with Crippen LogP contribution in [0.5, 0.6) is 0 Å². The van der Waals surface area contributed by atoms with Crippen LogP contribution in [0.1, 0.15) is 143 Å². The van der Waals surface area contributed by atoms with E-state index < -0.39 is 96.4 Å².